The van der Waals surface area contributed by atoms with Gasteiger partial charge in [-0.2, -0.15) is 0 Å². The van der Waals surface area contributed by atoms with Crippen LogP contribution in [-0.4, -0.2) is 22.7 Å². The Morgan fingerprint density at radius 1 is 1.33 bits per heavy atom. The van der Waals surface area contributed by atoms with Gasteiger partial charge in [-0.05, 0) is 31.4 Å². The lowest BCUT2D eigenvalue weighted by Gasteiger charge is -2.14. The largest absolute Gasteiger partial charge is 0.393 e. The first-order chi connectivity index (χ1) is 8.49. The molecule has 0 aromatic heterocycles. The number of nitrogens with one attached hydrogen (secondary N) is 1. The van der Waals surface area contributed by atoms with Crippen molar-refractivity contribution in [3.63, 3.8) is 0 Å². The van der Waals surface area contributed by atoms with Crippen LogP contribution in [0.1, 0.15) is 25.8 Å². The first-order valence-corrected chi connectivity index (χ1v) is 6.11. The molecular formula is C13H20N2O3. The molecule has 2 unspecified atom stereocenters. The maximum Gasteiger partial charge on any atom is 0.269 e. The number of aliphatic hydroxyl groups is 1. The van der Waals surface area contributed by atoms with Crippen LogP contribution in [0.5, 0.6) is 0 Å². The summed E-state index contributed by atoms with van der Waals surface area (Å²) < 4.78 is 0. The SMILES string of the molecule is CC(O)CC(C)CNCc1ccc([N+](=O)[O-])cc1. The molecule has 1 rings (SSSR count). The minimum atomic E-state index is -0.401. The number of nitro groups is 1. The fourth-order valence-electron chi connectivity index (χ4n) is 1.86. The molecule has 0 aliphatic rings. The Labute approximate surface area is 107 Å². The second-order valence-electron chi connectivity index (χ2n) is 4.74. The molecule has 2 atom stereocenters. The summed E-state index contributed by atoms with van der Waals surface area (Å²) in [6.45, 7) is 5.37. The molecule has 0 aliphatic heterocycles. The van der Waals surface area contributed by atoms with Crippen molar-refractivity contribution in [1.82, 2.24) is 5.32 Å². The van der Waals surface area contributed by atoms with E-state index in [2.05, 4.69) is 12.2 Å². The van der Waals surface area contributed by atoms with Crippen molar-refractivity contribution < 1.29 is 10.0 Å². The molecule has 5 nitrogen and oxygen atoms in total. The summed E-state index contributed by atoms with van der Waals surface area (Å²) in [6.07, 6.45) is 0.494. The summed E-state index contributed by atoms with van der Waals surface area (Å²) in [5, 5.41) is 23.0. The monoisotopic (exact) mass is 252 g/mol. The van der Waals surface area contributed by atoms with Crippen molar-refractivity contribution in [2.75, 3.05) is 6.54 Å². The van der Waals surface area contributed by atoms with Crippen molar-refractivity contribution in [2.45, 2.75) is 32.9 Å². The highest BCUT2D eigenvalue weighted by Crippen LogP contribution is 2.12. The predicted octanol–water partition coefficient (Wildman–Crippen LogP) is 2.09. The van der Waals surface area contributed by atoms with Gasteiger partial charge in [0, 0.05) is 18.7 Å². The first kappa shape index (κ1) is 14.6. The first-order valence-electron chi connectivity index (χ1n) is 6.11. The minimum absolute atomic E-state index is 0.112. The lowest BCUT2D eigenvalue weighted by molar-refractivity contribution is -0.384. The third kappa shape index (κ3) is 5.25. The molecule has 100 valence electrons. The van der Waals surface area contributed by atoms with Crippen LogP contribution in [0.4, 0.5) is 5.69 Å². The van der Waals surface area contributed by atoms with Gasteiger partial charge in [0.25, 0.3) is 5.69 Å². The minimum Gasteiger partial charge on any atom is -0.393 e. The zero-order valence-corrected chi connectivity index (χ0v) is 10.8. The summed E-state index contributed by atoms with van der Waals surface area (Å²) >= 11 is 0. The molecule has 18 heavy (non-hydrogen) atoms. The normalized spacial score (nSPS) is 14.2. The molecular weight excluding hydrogens is 232 g/mol. The molecule has 0 heterocycles. The Bertz CT molecular complexity index is 376. The highest BCUT2D eigenvalue weighted by atomic mass is 16.6. The number of rotatable bonds is 7. The molecule has 0 saturated heterocycles. The van der Waals surface area contributed by atoms with Crippen molar-refractivity contribution in [2.24, 2.45) is 5.92 Å². The Balaban J connectivity index is 2.33. The van der Waals surface area contributed by atoms with Gasteiger partial charge in [0.2, 0.25) is 0 Å². The second-order valence-corrected chi connectivity index (χ2v) is 4.74. The second kappa shape index (κ2) is 7.08. The molecule has 0 fully saturated rings. The number of benzene rings is 1. The van der Waals surface area contributed by atoms with Gasteiger partial charge in [0.05, 0.1) is 11.0 Å². The Morgan fingerprint density at radius 2 is 1.94 bits per heavy atom. The van der Waals surface area contributed by atoms with Gasteiger partial charge in [-0.25, -0.2) is 0 Å². The van der Waals surface area contributed by atoms with E-state index in [4.69, 9.17) is 0 Å². The Kier molecular flexibility index (Phi) is 5.74. The average Bonchev–Trinajstić information content (AvgIpc) is 2.28. The van der Waals surface area contributed by atoms with Gasteiger partial charge >= 0.3 is 0 Å². The molecule has 0 radical (unpaired) electrons. The Hall–Kier alpha value is -1.46. The lowest BCUT2D eigenvalue weighted by atomic mass is 10.0. The zero-order chi connectivity index (χ0) is 13.5. The molecule has 0 saturated carbocycles. The number of hydrogen-bond acceptors (Lipinski definition) is 4. The van der Waals surface area contributed by atoms with Crippen LogP contribution in [0, 0.1) is 16.0 Å². The van der Waals surface area contributed by atoms with Crippen LogP contribution >= 0.6 is 0 Å². The Morgan fingerprint density at radius 3 is 2.44 bits per heavy atom. The smallest absolute Gasteiger partial charge is 0.269 e. The van der Waals surface area contributed by atoms with E-state index in [1.165, 1.54) is 12.1 Å². The predicted molar refractivity (Wildman–Crippen MR) is 70.3 cm³/mol. The van der Waals surface area contributed by atoms with Crippen LogP contribution in [0.15, 0.2) is 24.3 Å². The average molecular weight is 252 g/mol. The number of nitrogens with zero attached hydrogens (tertiary/aromatic N) is 1. The van der Waals surface area contributed by atoms with Gasteiger partial charge in [-0.3, -0.25) is 10.1 Å². The quantitative estimate of drug-likeness (QED) is 0.575. The maximum atomic E-state index is 10.5. The molecule has 2 N–H and O–H groups in total. The molecule has 0 bridgehead atoms. The molecule has 0 amide bonds. The zero-order valence-electron chi connectivity index (χ0n) is 10.8. The number of nitro benzene ring substituents is 1. The third-order valence-corrected chi connectivity index (χ3v) is 2.71. The number of non-ortho nitro benzene ring substituents is 1. The summed E-state index contributed by atoms with van der Waals surface area (Å²) in [7, 11) is 0. The highest BCUT2D eigenvalue weighted by Gasteiger charge is 2.06. The summed E-state index contributed by atoms with van der Waals surface area (Å²) in [5.74, 6) is 0.406. The maximum absolute atomic E-state index is 10.5. The van der Waals surface area contributed by atoms with E-state index in [-0.39, 0.29) is 11.8 Å². The van der Waals surface area contributed by atoms with E-state index >= 15 is 0 Å². The molecule has 1 aromatic rings. The van der Waals surface area contributed by atoms with E-state index in [9.17, 15) is 15.2 Å². The van der Waals surface area contributed by atoms with Crippen LogP contribution in [0.2, 0.25) is 0 Å². The van der Waals surface area contributed by atoms with Crippen molar-refractivity contribution in [1.29, 1.82) is 0 Å². The summed E-state index contributed by atoms with van der Waals surface area (Å²) in [5.41, 5.74) is 1.13. The van der Waals surface area contributed by atoms with E-state index in [0.717, 1.165) is 18.5 Å². The fourth-order valence-corrected chi connectivity index (χ4v) is 1.86. The van der Waals surface area contributed by atoms with Crippen LogP contribution in [0.25, 0.3) is 0 Å². The van der Waals surface area contributed by atoms with Crippen LogP contribution in [-0.2, 0) is 6.54 Å². The van der Waals surface area contributed by atoms with Gasteiger partial charge in [0.1, 0.15) is 0 Å². The van der Waals surface area contributed by atoms with E-state index in [1.807, 2.05) is 0 Å². The highest BCUT2D eigenvalue weighted by molar-refractivity contribution is 5.32. The van der Waals surface area contributed by atoms with Crippen molar-refractivity contribution in [3.05, 3.63) is 39.9 Å². The van der Waals surface area contributed by atoms with Crippen LogP contribution < -0.4 is 5.32 Å². The number of hydrogen-bond donors (Lipinski definition) is 2. The summed E-state index contributed by atoms with van der Waals surface area (Å²) in [6, 6.07) is 6.53. The topological polar surface area (TPSA) is 75.4 Å². The molecule has 0 aliphatic carbocycles. The molecule has 5 heteroatoms. The van der Waals surface area contributed by atoms with Crippen molar-refractivity contribution in [3.8, 4) is 0 Å². The summed E-state index contributed by atoms with van der Waals surface area (Å²) in [4.78, 5) is 10.1. The molecule has 1 aromatic carbocycles. The van der Waals surface area contributed by atoms with E-state index in [0.29, 0.717) is 12.5 Å². The number of aliphatic hydroxyl groups excluding tert-OH is 1. The van der Waals surface area contributed by atoms with Crippen molar-refractivity contribution >= 4 is 5.69 Å². The van der Waals surface area contributed by atoms with Gasteiger partial charge in [-0.1, -0.05) is 19.1 Å². The van der Waals surface area contributed by atoms with E-state index < -0.39 is 4.92 Å². The third-order valence-electron chi connectivity index (χ3n) is 2.71. The van der Waals surface area contributed by atoms with Crippen LogP contribution in [0.3, 0.4) is 0 Å². The fraction of sp³-hybridized carbons (Fsp3) is 0.538. The van der Waals surface area contributed by atoms with Gasteiger partial charge in [-0.15, -0.1) is 0 Å². The van der Waals surface area contributed by atoms with Gasteiger partial charge in [0.15, 0.2) is 0 Å². The molecule has 0 spiro atoms. The standard InChI is InChI=1S/C13H20N2O3/c1-10(7-11(2)16)8-14-9-12-3-5-13(6-4-12)15(17)18/h3-6,10-11,14,16H,7-9H2,1-2H3. The van der Waals surface area contributed by atoms with Gasteiger partial charge < -0.3 is 10.4 Å². The lowest BCUT2D eigenvalue weighted by Crippen LogP contribution is -2.23. The van der Waals surface area contributed by atoms with E-state index in [1.54, 1.807) is 19.1 Å².